The lowest BCUT2D eigenvalue weighted by Crippen LogP contribution is -2.38. The van der Waals surface area contributed by atoms with Crippen LogP contribution in [0.1, 0.15) is 36.2 Å². The van der Waals surface area contributed by atoms with Gasteiger partial charge in [0, 0.05) is 36.4 Å². The van der Waals surface area contributed by atoms with Crippen LogP contribution in [0.4, 0.5) is 0 Å². The second-order valence-electron chi connectivity index (χ2n) is 6.65. The molecular weight excluding hydrogens is 334 g/mol. The van der Waals surface area contributed by atoms with Crippen LogP contribution in [0.3, 0.4) is 0 Å². The monoisotopic (exact) mass is 363 g/mol. The van der Waals surface area contributed by atoms with Gasteiger partial charge in [-0.3, -0.25) is 4.98 Å². The number of pyridine rings is 1. The predicted molar refractivity (Wildman–Crippen MR) is 113 cm³/mol. The van der Waals surface area contributed by atoms with Crippen molar-refractivity contribution in [1.82, 2.24) is 20.6 Å². The zero-order chi connectivity index (χ0) is 19.1. The number of hydrogen-bond acceptors (Lipinski definition) is 2. The van der Waals surface area contributed by atoms with Crippen molar-refractivity contribution in [2.75, 3.05) is 13.1 Å². The molecule has 0 aliphatic heterocycles. The molecule has 3 rings (SSSR count). The first-order valence-electron chi connectivity index (χ1n) is 9.73. The molecule has 142 valence electrons. The Hall–Kier alpha value is -2.82. The van der Waals surface area contributed by atoms with E-state index in [0.717, 1.165) is 37.6 Å². The molecule has 0 aliphatic rings. The highest BCUT2D eigenvalue weighted by Gasteiger charge is 2.07. The van der Waals surface area contributed by atoms with Crippen molar-refractivity contribution in [2.24, 2.45) is 4.99 Å². The largest absolute Gasteiger partial charge is 0.361 e. The Morgan fingerprint density at radius 2 is 2.00 bits per heavy atom. The number of fused-ring (bicyclic) bond motifs is 1. The average molecular weight is 364 g/mol. The zero-order valence-corrected chi connectivity index (χ0v) is 16.5. The molecule has 3 aromatic rings. The number of hydrogen-bond donors (Lipinski definition) is 3. The fraction of sp³-hybridized carbons (Fsp3) is 0.364. The summed E-state index contributed by atoms with van der Waals surface area (Å²) < 4.78 is 0. The van der Waals surface area contributed by atoms with Crippen LogP contribution < -0.4 is 10.6 Å². The van der Waals surface area contributed by atoms with Crippen molar-refractivity contribution in [3.63, 3.8) is 0 Å². The van der Waals surface area contributed by atoms with E-state index < -0.39 is 0 Å². The lowest BCUT2D eigenvalue weighted by atomic mass is 10.1. The summed E-state index contributed by atoms with van der Waals surface area (Å²) in [5.74, 6) is 0.830. The molecule has 5 heteroatoms. The third-order valence-corrected chi connectivity index (χ3v) is 4.80. The molecule has 0 unspecified atom stereocenters. The standard InChI is InChI=1S/C22H29N5/c1-4-17-9-6-10-19-18(14-26-21(17)19)11-13-25-22(23-5-2)27-15-20-16(3)8-7-12-24-20/h6-10,12,14,26H,4-5,11,13,15H2,1-3H3,(H2,23,25,27). The number of guanidine groups is 1. The second-order valence-corrected chi connectivity index (χ2v) is 6.65. The van der Waals surface area contributed by atoms with Crippen LogP contribution in [0.15, 0.2) is 47.7 Å². The Labute approximate surface area is 161 Å². The Bertz CT molecular complexity index is 910. The van der Waals surface area contributed by atoms with E-state index in [9.17, 15) is 0 Å². The first-order chi connectivity index (χ1) is 13.2. The highest BCUT2D eigenvalue weighted by atomic mass is 15.2. The molecule has 5 nitrogen and oxygen atoms in total. The predicted octanol–water partition coefficient (Wildman–Crippen LogP) is 3.73. The molecule has 0 saturated carbocycles. The minimum Gasteiger partial charge on any atom is -0.361 e. The summed E-state index contributed by atoms with van der Waals surface area (Å²) in [6.07, 6.45) is 5.94. The van der Waals surface area contributed by atoms with E-state index >= 15 is 0 Å². The van der Waals surface area contributed by atoms with Gasteiger partial charge in [0.15, 0.2) is 5.96 Å². The van der Waals surface area contributed by atoms with Gasteiger partial charge in [-0.1, -0.05) is 31.2 Å². The summed E-state index contributed by atoms with van der Waals surface area (Å²) in [4.78, 5) is 12.5. The van der Waals surface area contributed by atoms with Gasteiger partial charge in [0.2, 0.25) is 0 Å². The highest BCUT2D eigenvalue weighted by Crippen LogP contribution is 2.22. The first kappa shape index (κ1) is 19.0. The molecule has 0 radical (unpaired) electrons. The number of rotatable bonds is 7. The van der Waals surface area contributed by atoms with Crippen LogP contribution in [0.2, 0.25) is 0 Å². The lowest BCUT2D eigenvalue weighted by molar-refractivity contribution is 0.797. The van der Waals surface area contributed by atoms with Crippen molar-refractivity contribution in [3.8, 4) is 0 Å². The van der Waals surface area contributed by atoms with E-state index in [1.807, 2.05) is 12.3 Å². The molecule has 2 aromatic heterocycles. The number of benzene rings is 1. The van der Waals surface area contributed by atoms with Gasteiger partial charge >= 0.3 is 0 Å². The molecular formula is C22H29N5. The number of aromatic nitrogens is 2. The number of nitrogens with one attached hydrogen (secondary N) is 3. The summed E-state index contributed by atoms with van der Waals surface area (Å²) in [6.45, 7) is 8.58. The molecule has 0 spiro atoms. The van der Waals surface area contributed by atoms with Gasteiger partial charge in [-0.05, 0) is 49.4 Å². The molecule has 3 N–H and O–H groups in total. The van der Waals surface area contributed by atoms with Crippen molar-refractivity contribution < 1.29 is 0 Å². The summed E-state index contributed by atoms with van der Waals surface area (Å²) in [7, 11) is 0. The number of aromatic amines is 1. The minimum atomic E-state index is 0.578. The van der Waals surface area contributed by atoms with Crippen molar-refractivity contribution in [1.29, 1.82) is 0 Å². The summed E-state index contributed by atoms with van der Waals surface area (Å²) in [5, 5.41) is 8.07. The maximum absolute atomic E-state index is 4.68. The number of para-hydroxylation sites is 1. The molecule has 2 heterocycles. The third-order valence-electron chi connectivity index (χ3n) is 4.80. The number of aliphatic imine (C=N–C) groups is 1. The number of H-pyrrole nitrogens is 1. The van der Waals surface area contributed by atoms with E-state index in [4.69, 9.17) is 0 Å². The summed E-state index contributed by atoms with van der Waals surface area (Å²) in [5.41, 5.74) is 6.15. The minimum absolute atomic E-state index is 0.578. The van der Waals surface area contributed by atoms with Gasteiger partial charge in [0.1, 0.15) is 0 Å². The van der Waals surface area contributed by atoms with Gasteiger partial charge in [0.05, 0.1) is 12.2 Å². The normalized spacial score (nSPS) is 11.7. The topological polar surface area (TPSA) is 65.1 Å². The summed E-state index contributed by atoms with van der Waals surface area (Å²) >= 11 is 0. The smallest absolute Gasteiger partial charge is 0.191 e. The Morgan fingerprint density at radius 1 is 1.11 bits per heavy atom. The quantitative estimate of drug-likeness (QED) is 0.443. The molecule has 27 heavy (non-hydrogen) atoms. The van der Waals surface area contributed by atoms with Crippen molar-refractivity contribution in [3.05, 3.63) is 65.1 Å². The highest BCUT2D eigenvalue weighted by molar-refractivity contribution is 5.86. The van der Waals surface area contributed by atoms with E-state index in [-0.39, 0.29) is 0 Å². The van der Waals surface area contributed by atoms with Crippen LogP contribution in [0.25, 0.3) is 10.9 Å². The van der Waals surface area contributed by atoms with E-state index in [1.165, 1.54) is 27.6 Å². The van der Waals surface area contributed by atoms with Crippen LogP contribution in [0, 0.1) is 6.92 Å². The van der Waals surface area contributed by atoms with Crippen LogP contribution >= 0.6 is 0 Å². The van der Waals surface area contributed by atoms with Gasteiger partial charge in [-0.25, -0.2) is 4.99 Å². The second kappa shape index (κ2) is 9.21. The molecule has 0 saturated heterocycles. The maximum atomic E-state index is 4.68. The maximum Gasteiger partial charge on any atom is 0.191 e. The van der Waals surface area contributed by atoms with Gasteiger partial charge in [-0.15, -0.1) is 0 Å². The molecule has 1 aromatic carbocycles. The average Bonchev–Trinajstić information content (AvgIpc) is 3.10. The SMILES string of the molecule is CCNC(=NCc1ncccc1C)NCCc1c[nH]c2c(CC)cccc12. The number of aryl methyl sites for hydroxylation is 2. The Balaban J connectivity index is 1.63. The lowest BCUT2D eigenvalue weighted by Gasteiger charge is -2.11. The third kappa shape index (κ3) is 4.67. The van der Waals surface area contributed by atoms with Crippen LogP contribution in [-0.4, -0.2) is 29.0 Å². The van der Waals surface area contributed by atoms with Crippen LogP contribution in [0.5, 0.6) is 0 Å². The fourth-order valence-electron chi connectivity index (χ4n) is 3.27. The Morgan fingerprint density at radius 3 is 2.78 bits per heavy atom. The van der Waals surface area contributed by atoms with Crippen molar-refractivity contribution >= 4 is 16.9 Å². The van der Waals surface area contributed by atoms with Gasteiger partial charge in [0.25, 0.3) is 0 Å². The fourth-order valence-corrected chi connectivity index (χ4v) is 3.27. The summed E-state index contributed by atoms with van der Waals surface area (Å²) in [6, 6.07) is 10.6. The first-order valence-corrected chi connectivity index (χ1v) is 9.73. The molecule has 0 fully saturated rings. The van der Waals surface area contributed by atoms with Crippen molar-refractivity contribution in [2.45, 2.75) is 40.2 Å². The van der Waals surface area contributed by atoms with Gasteiger partial charge < -0.3 is 15.6 Å². The molecule has 0 aliphatic carbocycles. The molecule has 0 amide bonds. The van der Waals surface area contributed by atoms with E-state index in [1.54, 1.807) is 0 Å². The van der Waals surface area contributed by atoms with Gasteiger partial charge in [-0.2, -0.15) is 0 Å². The molecule has 0 bridgehead atoms. The Kier molecular flexibility index (Phi) is 6.47. The van der Waals surface area contributed by atoms with E-state index in [0.29, 0.717) is 6.54 Å². The zero-order valence-electron chi connectivity index (χ0n) is 16.5. The van der Waals surface area contributed by atoms with E-state index in [2.05, 4.69) is 76.8 Å². The molecule has 0 atom stereocenters. The number of nitrogens with zero attached hydrogens (tertiary/aromatic N) is 2. The van der Waals surface area contributed by atoms with Crippen LogP contribution in [-0.2, 0) is 19.4 Å².